The molecule has 0 spiro atoms. The molecule has 2 aromatic rings. The quantitative estimate of drug-likeness (QED) is 0.576. The molecule has 0 saturated heterocycles. The first-order chi connectivity index (χ1) is 9.72. The van der Waals surface area contributed by atoms with Gasteiger partial charge in [-0.25, -0.2) is 0 Å². The van der Waals surface area contributed by atoms with Gasteiger partial charge < -0.3 is 4.84 Å². The minimum Gasteiger partial charge on any atom is -0.380 e. The summed E-state index contributed by atoms with van der Waals surface area (Å²) in [7, 11) is 0. The van der Waals surface area contributed by atoms with Crippen molar-refractivity contribution in [2.45, 2.75) is 0 Å². The van der Waals surface area contributed by atoms with Crippen LogP contribution in [0.3, 0.4) is 0 Å². The Balaban J connectivity index is 2.11. The average molecular weight is 267 g/mol. The molecule has 1 aliphatic rings. The van der Waals surface area contributed by atoms with E-state index in [0.29, 0.717) is 23.1 Å². The predicted molar refractivity (Wildman–Crippen MR) is 69.6 cm³/mol. The highest BCUT2D eigenvalue weighted by atomic mass is 16.6. The number of ketones is 2. The van der Waals surface area contributed by atoms with Crippen molar-refractivity contribution in [3.63, 3.8) is 0 Å². The lowest BCUT2D eigenvalue weighted by atomic mass is 9.84. The normalized spacial score (nSPS) is 12.4. The van der Waals surface area contributed by atoms with E-state index in [4.69, 9.17) is 4.84 Å². The van der Waals surface area contributed by atoms with Gasteiger partial charge in [-0.1, -0.05) is 24.3 Å². The first-order valence-electron chi connectivity index (χ1n) is 5.91. The van der Waals surface area contributed by atoms with Gasteiger partial charge in [0.1, 0.15) is 0 Å². The van der Waals surface area contributed by atoms with Gasteiger partial charge in [0.2, 0.25) is 6.41 Å². The third kappa shape index (κ3) is 1.76. The van der Waals surface area contributed by atoms with Crippen LogP contribution in [0.25, 0.3) is 0 Å². The molecule has 0 unspecified atom stereocenters. The number of carbonyl (C=O) groups excluding carboxylic acids is 3. The minimum atomic E-state index is -0.230. The molecule has 5 heteroatoms. The highest BCUT2D eigenvalue weighted by Gasteiger charge is 2.29. The fourth-order valence-corrected chi connectivity index (χ4v) is 2.23. The van der Waals surface area contributed by atoms with Gasteiger partial charge in [0, 0.05) is 22.3 Å². The van der Waals surface area contributed by atoms with E-state index >= 15 is 0 Å². The number of carbonyl (C=O) groups is 3. The summed E-state index contributed by atoms with van der Waals surface area (Å²) >= 11 is 0. The largest absolute Gasteiger partial charge is 0.380 e. The van der Waals surface area contributed by atoms with Gasteiger partial charge in [-0.2, -0.15) is 5.48 Å². The van der Waals surface area contributed by atoms with Gasteiger partial charge in [0.05, 0.1) is 0 Å². The maximum atomic E-state index is 12.4. The molecule has 0 aliphatic heterocycles. The van der Waals surface area contributed by atoms with Gasteiger partial charge in [-0.15, -0.1) is 0 Å². The van der Waals surface area contributed by atoms with E-state index in [1.165, 1.54) is 18.2 Å². The summed E-state index contributed by atoms with van der Waals surface area (Å²) in [5, 5.41) is 0. The van der Waals surface area contributed by atoms with Gasteiger partial charge >= 0.3 is 0 Å². The van der Waals surface area contributed by atoms with E-state index < -0.39 is 0 Å². The van der Waals surface area contributed by atoms with Crippen LogP contribution >= 0.6 is 0 Å². The van der Waals surface area contributed by atoms with Gasteiger partial charge in [0.25, 0.3) is 0 Å². The summed E-state index contributed by atoms with van der Waals surface area (Å²) in [6, 6.07) is 11.2. The molecule has 1 amide bonds. The first-order valence-corrected chi connectivity index (χ1v) is 5.91. The zero-order valence-corrected chi connectivity index (χ0v) is 10.3. The zero-order valence-electron chi connectivity index (χ0n) is 10.3. The van der Waals surface area contributed by atoms with E-state index in [1.54, 1.807) is 24.3 Å². The molecule has 1 N–H and O–H groups in total. The van der Waals surface area contributed by atoms with Crippen molar-refractivity contribution >= 4 is 18.0 Å². The molecule has 20 heavy (non-hydrogen) atoms. The molecular formula is C15H9NO4. The Morgan fingerprint density at radius 1 is 0.850 bits per heavy atom. The molecule has 0 heterocycles. The highest BCUT2D eigenvalue weighted by Crippen LogP contribution is 2.29. The number of hydroxylamine groups is 1. The summed E-state index contributed by atoms with van der Waals surface area (Å²) in [5.41, 5.74) is 3.44. The molecule has 0 saturated carbocycles. The SMILES string of the molecule is O=CNOc1ccc2c(c1)C(=O)c1ccccc1C2=O. The van der Waals surface area contributed by atoms with Crippen molar-refractivity contribution in [1.82, 2.24) is 5.48 Å². The average Bonchev–Trinajstić information content (AvgIpc) is 2.50. The molecule has 5 nitrogen and oxygen atoms in total. The number of fused-ring (bicyclic) bond motifs is 2. The van der Waals surface area contributed by atoms with Crippen LogP contribution in [0.2, 0.25) is 0 Å². The molecule has 0 atom stereocenters. The third-order valence-electron chi connectivity index (χ3n) is 3.12. The second-order valence-electron chi connectivity index (χ2n) is 4.25. The molecule has 2 aromatic carbocycles. The van der Waals surface area contributed by atoms with E-state index in [0.717, 1.165) is 0 Å². The Labute approximate surface area is 114 Å². The first kappa shape index (κ1) is 12.1. The lowest BCUT2D eigenvalue weighted by Gasteiger charge is -2.17. The maximum absolute atomic E-state index is 12.4. The Hall–Kier alpha value is -2.95. The second-order valence-corrected chi connectivity index (χ2v) is 4.25. The van der Waals surface area contributed by atoms with E-state index in [-0.39, 0.29) is 22.9 Å². The topological polar surface area (TPSA) is 72.5 Å². The number of hydrogen-bond acceptors (Lipinski definition) is 4. The summed E-state index contributed by atoms with van der Waals surface area (Å²) in [5.74, 6) is -0.131. The van der Waals surface area contributed by atoms with E-state index in [9.17, 15) is 14.4 Å². The van der Waals surface area contributed by atoms with Crippen LogP contribution in [0.4, 0.5) is 0 Å². The summed E-state index contributed by atoms with van der Waals surface area (Å²) in [6.45, 7) is 0. The Bertz CT molecular complexity index is 736. The monoisotopic (exact) mass is 267 g/mol. The zero-order chi connectivity index (χ0) is 14.1. The fourth-order valence-electron chi connectivity index (χ4n) is 2.23. The lowest BCUT2D eigenvalue weighted by Crippen LogP contribution is -2.21. The van der Waals surface area contributed by atoms with Crippen LogP contribution in [0.15, 0.2) is 42.5 Å². The van der Waals surface area contributed by atoms with Crippen molar-refractivity contribution in [2.75, 3.05) is 0 Å². The summed E-state index contributed by atoms with van der Waals surface area (Å²) < 4.78 is 0. The van der Waals surface area contributed by atoms with Crippen molar-refractivity contribution in [1.29, 1.82) is 0 Å². The molecular weight excluding hydrogens is 258 g/mol. The van der Waals surface area contributed by atoms with Crippen LogP contribution in [0.1, 0.15) is 31.8 Å². The molecule has 3 rings (SSSR count). The number of benzene rings is 2. The van der Waals surface area contributed by atoms with Crippen molar-refractivity contribution in [3.05, 3.63) is 64.7 Å². The van der Waals surface area contributed by atoms with E-state index in [1.807, 2.05) is 5.48 Å². The molecule has 0 bridgehead atoms. The van der Waals surface area contributed by atoms with Crippen LogP contribution in [-0.2, 0) is 4.79 Å². The smallest absolute Gasteiger partial charge is 0.239 e. The molecule has 0 radical (unpaired) electrons. The number of amides is 1. The van der Waals surface area contributed by atoms with Gasteiger partial charge in [-0.05, 0) is 18.2 Å². The summed E-state index contributed by atoms with van der Waals surface area (Å²) in [6.07, 6.45) is 0.377. The van der Waals surface area contributed by atoms with Crippen molar-refractivity contribution in [3.8, 4) is 5.75 Å². The van der Waals surface area contributed by atoms with Crippen LogP contribution in [-0.4, -0.2) is 18.0 Å². The van der Waals surface area contributed by atoms with Crippen LogP contribution in [0, 0.1) is 0 Å². The molecule has 98 valence electrons. The Morgan fingerprint density at radius 3 is 2.10 bits per heavy atom. The lowest BCUT2D eigenvalue weighted by molar-refractivity contribution is -0.115. The standard InChI is InChI=1S/C15H9NO4/c17-8-16-20-9-5-6-12-13(7-9)15(19)11-4-2-1-3-10(11)14(12)18/h1-8H,(H,16,17). The Kier molecular flexibility index (Phi) is 2.80. The van der Waals surface area contributed by atoms with Crippen LogP contribution < -0.4 is 10.3 Å². The van der Waals surface area contributed by atoms with Gasteiger partial charge in [0.15, 0.2) is 17.3 Å². The third-order valence-corrected chi connectivity index (χ3v) is 3.12. The maximum Gasteiger partial charge on any atom is 0.239 e. The number of hydrogen-bond donors (Lipinski definition) is 1. The molecule has 0 aromatic heterocycles. The second kappa shape index (κ2) is 4.62. The molecule has 0 fully saturated rings. The number of rotatable bonds is 3. The highest BCUT2D eigenvalue weighted by molar-refractivity contribution is 6.28. The molecule has 1 aliphatic carbocycles. The van der Waals surface area contributed by atoms with Crippen molar-refractivity contribution in [2.24, 2.45) is 0 Å². The Morgan fingerprint density at radius 2 is 1.45 bits per heavy atom. The van der Waals surface area contributed by atoms with E-state index in [2.05, 4.69) is 0 Å². The van der Waals surface area contributed by atoms with Crippen LogP contribution in [0.5, 0.6) is 5.75 Å². The minimum absolute atomic E-state index is 0.190. The fraction of sp³-hybridized carbons (Fsp3) is 0. The summed E-state index contributed by atoms with van der Waals surface area (Å²) in [4.78, 5) is 39.8. The predicted octanol–water partition coefficient (Wildman–Crippen LogP) is 1.50. The number of nitrogens with one attached hydrogen (secondary N) is 1. The van der Waals surface area contributed by atoms with Gasteiger partial charge in [-0.3, -0.25) is 14.4 Å². The van der Waals surface area contributed by atoms with Crippen molar-refractivity contribution < 1.29 is 19.2 Å².